The quantitative estimate of drug-likeness (QED) is 0.441. The van der Waals surface area contributed by atoms with Crippen molar-refractivity contribution in [2.45, 2.75) is 35.4 Å². The van der Waals surface area contributed by atoms with Crippen LogP contribution in [0.5, 0.6) is 0 Å². The second-order valence-corrected chi connectivity index (χ2v) is 11.4. The molecule has 8 heteroatoms. The van der Waals surface area contributed by atoms with Crippen LogP contribution in [0.3, 0.4) is 0 Å². The molecule has 1 aromatic heterocycles. The number of benzene rings is 2. The number of thiazole rings is 1. The molecule has 0 aliphatic carbocycles. The zero-order valence-electron chi connectivity index (χ0n) is 16.2. The average Bonchev–Trinajstić information content (AvgIpc) is 2.98. The standard InChI is InChI=1S/C21H20N2O3S3/c1-5-12-23-18-11-10-17(29(4,25)26)13-19(18)28-21(23)22-20(24)15-6-8-16(9-7-15)27-14(2)3/h1,6-11,13-14H,12H2,2-4H3. The van der Waals surface area contributed by atoms with Crippen molar-refractivity contribution < 1.29 is 13.2 Å². The Balaban J connectivity index is 2.05. The zero-order valence-corrected chi connectivity index (χ0v) is 18.7. The number of thioether (sulfide) groups is 1. The minimum atomic E-state index is -3.33. The molecule has 1 amide bonds. The molecule has 0 saturated carbocycles. The van der Waals surface area contributed by atoms with Gasteiger partial charge < -0.3 is 4.57 Å². The molecule has 0 fully saturated rings. The molecular weight excluding hydrogens is 424 g/mol. The third-order valence-corrected chi connectivity index (χ3v) is 7.17. The van der Waals surface area contributed by atoms with Crippen LogP contribution in [-0.2, 0) is 16.4 Å². The number of nitrogens with zero attached hydrogens (tertiary/aromatic N) is 2. The van der Waals surface area contributed by atoms with Gasteiger partial charge in [0, 0.05) is 22.0 Å². The van der Waals surface area contributed by atoms with Crippen molar-refractivity contribution in [1.82, 2.24) is 4.57 Å². The van der Waals surface area contributed by atoms with Crippen LogP contribution in [0.15, 0.2) is 57.2 Å². The molecule has 0 saturated heterocycles. The molecule has 0 bridgehead atoms. The Bertz CT molecular complexity index is 1280. The van der Waals surface area contributed by atoms with Crippen molar-refractivity contribution in [3.8, 4) is 12.3 Å². The molecule has 0 radical (unpaired) electrons. The highest BCUT2D eigenvalue weighted by Crippen LogP contribution is 2.24. The smallest absolute Gasteiger partial charge is 0.279 e. The van der Waals surface area contributed by atoms with Crippen molar-refractivity contribution >= 4 is 49.1 Å². The minimum absolute atomic E-state index is 0.218. The van der Waals surface area contributed by atoms with Crippen LogP contribution >= 0.6 is 23.1 Å². The van der Waals surface area contributed by atoms with Crippen LogP contribution in [0.2, 0.25) is 0 Å². The summed E-state index contributed by atoms with van der Waals surface area (Å²) in [7, 11) is -3.33. The lowest BCUT2D eigenvalue weighted by atomic mass is 10.2. The molecule has 0 unspecified atom stereocenters. The third-order valence-electron chi connectivity index (χ3n) is 4.00. The van der Waals surface area contributed by atoms with E-state index < -0.39 is 9.84 Å². The molecule has 0 atom stereocenters. The largest absolute Gasteiger partial charge is 0.305 e. The predicted octanol–water partition coefficient (Wildman–Crippen LogP) is 3.98. The average molecular weight is 445 g/mol. The van der Waals surface area contributed by atoms with E-state index in [1.54, 1.807) is 40.6 Å². The maximum Gasteiger partial charge on any atom is 0.279 e. The SMILES string of the molecule is C#CCn1c(=NC(=O)c2ccc(SC(C)C)cc2)sc2cc(S(C)(=O)=O)ccc21. The lowest BCUT2D eigenvalue weighted by molar-refractivity contribution is 0.0998. The second kappa shape index (κ2) is 8.57. The molecule has 0 aliphatic rings. The van der Waals surface area contributed by atoms with Crippen molar-refractivity contribution in [3.63, 3.8) is 0 Å². The number of amides is 1. The lowest BCUT2D eigenvalue weighted by Gasteiger charge is -2.04. The van der Waals surface area contributed by atoms with Gasteiger partial charge in [-0.15, -0.1) is 18.2 Å². The molecule has 2 aromatic carbocycles. The Kier molecular flexibility index (Phi) is 6.32. The van der Waals surface area contributed by atoms with Crippen LogP contribution in [-0.4, -0.2) is 30.4 Å². The van der Waals surface area contributed by atoms with Gasteiger partial charge in [-0.2, -0.15) is 4.99 Å². The molecule has 29 heavy (non-hydrogen) atoms. The van der Waals surface area contributed by atoms with Gasteiger partial charge in [0.2, 0.25) is 0 Å². The van der Waals surface area contributed by atoms with Crippen LogP contribution in [0.1, 0.15) is 24.2 Å². The van der Waals surface area contributed by atoms with Gasteiger partial charge in [-0.3, -0.25) is 4.79 Å². The first-order valence-electron chi connectivity index (χ1n) is 8.81. The first kappa shape index (κ1) is 21.4. The van der Waals surface area contributed by atoms with Crippen LogP contribution < -0.4 is 4.80 Å². The number of fused-ring (bicyclic) bond motifs is 1. The van der Waals surface area contributed by atoms with Gasteiger partial charge >= 0.3 is 0 Å². The summed E-state index contributed by atoms with van der Waals surface area (Å²) >= 11 is 2.96. The number of hydrogen-bond donors (Lipinski definition) is 0. The Morgan fingerprint density at radius 1 is 1.24 bits per heavy atom. The monoisotopic (exact) mass is 444 g/mol. The summed E-state index contributed by atoms with van der Waals surface area (Å²) in [5.41, 5.74) is 1.23. The first-order chi connectivity index (χ1) is 13.7. The van der Waals surface area contributed by atoms with Crippen molar-refractivity contribution in [2.24, 2.45) is 4.99 Å². The Morgan fingerprint density at radius 3 is 2.52 bits per heavy atom. The number of rotatable bonds is 5. The van der Waals surface area contributed by atoms with Crippen LogP contribution in [0, 0.1) is 12.3 Å². The van der Waals surface area contributed by atoms with Gasteiger partial charge in [0.15, 0.2) is 14.6 Å². The summed E-state index contributed by atoms with van der Waals surface area (Å²) < 4.78 is 26.1. The highest BCUT2D eigenvalue weighted by molar-refractivity contribution is 7.99. The summed E-state index contributed by atoms with van der Waals surface area (Å²) in [6.45, 7) is 4.45. The van der Waals surface area contributed by atoms with E-state index in [2.05, 4.69) is 24.8 Å². The van der Waals surface area contributed by atoms with Gasteiger partial charge in [-0.25, -0.2) is 8.42 Å². The van der Waals surface area contributed by atoms with Crippen molar-refractivity contribution in [3.05, 3.63) is 52.8 Å². The Hall–Kier alpha value is -2.34. The molecule has 3 aromatic rings. The highest BCUT2D eigenvalue weighted by Gasteiger charge is 2.13. The lowest BCUT2D eigenvalue weighted by Crippen LogP contribution is -2.16. The summed E-state index contributed by atoms with van der Waals surface area (Å²) in [5.74, 6) is 2.19. The summed E-state index contributed by atoms with van der Waals surface area (Å²) in [6, 6.07) is 12.2. The topological polar surface area (TPSA) is 68.5 Å². The number of hydrogen-bond acceptors (Lipinski definition) is 5. The number of sulfone groups is 1. The van der Waals surface area contributed by atoms with Gasteiger partial charge in [0.05, 0.1) is 21.7 Å². The fourth-order valence-electron chi connectivity index (χ4n) is 2.71. The summed E-state index contributed by atoms with van der Waals surface area (Å²) in [6.07, 6.45) is 6.65. The zero-order chi connectivity index (χ0) is 21.2. The molecule has 0 aliphatic heterocycles. The van der Waals surface area contributed by atoms with Crippen LogP contribution in [0.25, 0.3) is 10.2 Å². The maximum atomic E-state index is 12.7. The third kappa shape index (κ3) is 4.99. The number of terminal acetylenes is 1. The molecule has 0 N–H and O–H groups in total. The summed E-state index contributed by atoms with van der Waals surface area (Å²) in [5, 5.41) is 0.458. The summed E-state index contributed by atoms with van der Waals surface area (Å²) in [4.78, 5) is 18.7. The number of aromatic nitrogens is 1. The molecule has 1 heterocycles. The normalized spacial score (nSPS) is 12.4. The molecule has 5 nitrogen and oxygen atoms in total. The van der Waals surface area contributed by atoms with E-state index in [4.69, 9.17) is 6.42 Å². The van der Waals surface area contributed by atoms with Gasteiger partial charge in [0.25, 0.3) is 5.91 Å². The van der Waals surface area contributed by atoms with E-state index in [1.165, 1.54) is 17.4 Å². The van der Waals surface area contributed by atoms with Gasteiger partial charge in [-0.05, 0) is 42.5 Å². The molecule has 0 spiro atoms. The Morgan fingerprint density at radius 2 is 1.93 bits per heavy atom. The first-order valence-corrected chi connectivity index (χ1v) is 12.4. The fraction of sp³-hybridized carbons (Fsp3) is 0.238. The van der Waals surface area contributed by atoms with Gasteiger partial charge in [0.1, 0.15) is 0 Å². The minimum Gasteiger partial charge on any atom is -0.305 e. The second-order valence-electron chi connectivity index (χ2n) is 6.68. The molecular formula is C21H20N2O3S3. The Labute approximate surface area is 178 Å². The van der Waals surface area contributed by atoms with E-state index in [0.717, 1.165) is 16.7 Å². The molecule has 3 rings (SSSR count). The van der Waals surface area contributed by atoms with Crippen molar-refractivity contribution in [1.29, 1.82) is 0 Å². The number of carbonyl (C=O) groups is 1. The number of carbonyl (C=O) groups excluding carboxylic acids is 1. The predicted molar refractivity (Wildman–Crippen MR) is 119 cm³/mol. The maximum absolute atomic E-state index is 12.7. The highest BCUT2D eigenvalue weighted by atomic mass is 32.2. The van der Waals surface area contributed by atoms with Gasteiger partial charge in [-0.1, -0.05) is 31.1 Å². The van der Waals surface area contributed by atoms with E-state index in [1.807, 2.05) is 12.1 Å². The van der Waals surface area contributed by atoms with E-state index in [9.17, 15) is 13.2 Å². The van der Waals surface area contributed by atoms with E-state index in [-0.39, 0.29) is 17.3 Å². The van der Waals surface area contributed by atoms with Crippen molar-refractivity contribution in [2.75, 3.05) is 6.26 Å². The molecule has 150 valence electrons. The van der Waals surface area contributed by atoms with E-state index in [0.29, 0.717) is 20.3 Å². The fourth-order valence-corrected chi connectivity index (χ4v) is 5.34. The van der Waals surface area contributed by atoms with E-state index >= 15 is 0 Å². The van der Waals surface area contributed by atoms with Crippen LogP contribution in [0.4, 0.5) is 0 Å².